The van der Waals surface area contributed by atoms with Crippen LogP contribution in [-0.4, -0.2) is 20.9 Å². The Hall–Kier alpha value is -3.28. The number of aryl methyl sites for hydroxylation is 2. The standard InChI is InChI=1S/C19H19N5O/c1-13-7-14(2)9-16(8-13)24-18-10-17(22-12-23-18)19(25)21-11-15-3-5-20-6-4-15/h3-10,12H,11H2,1-2H3,(H,21,25)(H,22,23,24). The molecule has 0 aliphatic rings. The van der Waals surface area contributed by atoms with E-state index in [9.17, 15) is 4.79 Å². The van der Waals surface area contributed by atoms with E-state index >= 15 is 0 Å². The molecular weight excluding hydrogens is 314 g/mol. The molecule has 6 heteroatoms. The molecule has 0 atom stereocenters. The second-order valence-electron chi connectivity index (χ2n) is 5.83. The smallest absolute Gasteiger partial charge is 0.270 e. The first-order chi connectivity index (χ1) is 12.1. The highest BCUT2D eigenvalue weighted by Crippen LogP contribution is 2.18. The number of anilines is 2. The second kappa shape index (κ2) is 7.53. The summed E-state index contributed by atoms with van der Waals surface area (Å²) >= 11 is 0. The lowest BCUT2D eigenvalue weighted by atomic mass is 10.1. The van der Waals surface area contributed by atoms with Crippen molar-refractivity contribution in [2.45, 2.75) is 20.4 Å². The number of pyridine rings is 1. The largest absolute Gasteiger partial charge is 0.347 e. The van der Waals surface area contributed by atoms with Gasteiger partial charge < -0.3 is 10.6 Å². The van der Waals surface area contributed by atoms with Crippen LogP contribution >= 0.6 is 0 Å². The quantitative estimate of drug-likeness (QED) is 0.750. The molecule has 2 heterocycles. The highest BCUT2D eigenvalue weighted by atomic mass is 16.1. The highest BCUT2D eigenvalue weighted by Gasteiger charge is 2.09. The SMILES string of the molecule is Cc1cc(C)cc(Nc2cc(C(=O)NCc3ccncc3)ncn2)c1. The van der Waals surface area contributed by atoms with Crippen molar-refractivity contribution in [2.24, 2.45) is 0 Å². The van der Waals surface area contributed by atoms with E-state index < -0.39 is 0 Å². The molecule has 3 rings (SSSR count). The van der Waals surface area contributed by atoms with Gasteiger partial charge >= 0.3 is 0 Å². The summed E-state index contributed by atoms with van der Waals surface area (Å²) in [5.74, 6) is 0.330. The van der Waals surface area contributed by atoms with Crippen LogP contribution in [0.1, 0.15) is 27.2 Å². The van der Waals surface area contributed by atoms with Crippen molar-refractivity contribution in [3.8, 4) is 0 Å². The van der Waals surface area contributed by atoms with Crippen LogP contribution in [0.3, 0.4) is 0 Å². The highest BCUT2D eigenvalue weighted by molar-refractivity contribution is 5.92. The Kier molecular flexibility index (Phi) is 4.99. The molecule has 25 heavy (non-hydrogen) atoms. The van der Waals surface area contributed by atoms with E-state index in [2.05, 4.69) is 31.7 Å². The molecule has 0 aliphatic heterocycles. The van der Waals surface area contributed by atoms with Gasteiger partial charge in [-0.3, -0.25) is 9.78 Å². The Balaban J connectivity index is 1.69. The number of hydrogen-bond acceptors (Lipinski definition) is 5. The van der Waals surface area contributed by atoms with Crippen LogP contribution in [-0.2, 0) is 6.54 Å². The zero-order valence-corrected chi connectivity index (χ0v) is 14.2. The number of amides is 1. The topological polar surface area (TPSA) is 79.8 Å². The first-order valence-corrected chi connectivity index (χ1v) is 7.94. The summed E-state index contributed by atoms with van der Waals surface area (Å²) in [6.45, 7) is 4.50. The van der Waals surface area contributed by atoms with Crippen molar-refractivity contribution >= 4 is 17.4 Å². The number of rotatable bonds is 5. The number of carbonyl (C=O) groups excluding carboxylic acids is 1. The third-order valence-electron chi connectivity index (χ3n) is 3.60. The van der Waals surface area contributed by atoms with E-state index in [1.807, 2.05) is 38.1 Å². The molecule has 0 unspecified atom stereocenters. The maximum Gasteiger partial charge on any atom is 0.270 e. The van der Waals surface area contributed by atoms with Gasteiger partial charge in [0.2, 0.25) is 0 Å². The fourth-order valence-electron chi connectivity index (χ4n) is 2.52. The van der Waals surface area contributed by atoms with E-state index in [-0.39, 0.29) is 5.91 Å². The van der Waals surface area contributed by atoms with Crippen molar-refractivity contribution in [3.63, 3.8) is 0 Å². The van der Waals surface area contributed by atoms with Crippen molar-refractivity contribution in [1.82, 2.24) is 20.3 Å². The van der Waals surface area contributed by atoms with Crippen molar-refractivity contribution in [2.75, 3.05) is 5.32 Å². The lowest BCUT2D eigenvalue weighted by Crippen LogP contribution is -2.24. The van der Waals surface area contributed by atoms with Crippen LogP contribution in [0.15, 0.2) is 55.1 Å². The van der Waals surface area contributed by atoms with Crippen LogP contribution in [0.25, 0.3) is 0 Å². The number of carbonyl (C=O) groups is 1. The van der Waals surface area contributed by atoms with Gasteiger partial charge in [0.25, 0.3) is 5.91 Å². The van der Waals surface area contributed by atoms with Gasteiger partial charge in [0.05, 0.1) is 0 Å². The molecule has 0 spiro atoms. The molecule has 0 bridgehead atoms. The third-order valence-corrected chi connectivity index (χ3v) is 3.60. The molecule has 3 aromatic rings. The van der Waals surface area contributed by atoms with Crippen LogP contribution in [0.5, 0.6) is 0 Å². The van der Waals surface area contributed by atoms with E-state index in [0.717, 1.165) is 22.4 Å². The summed E-state index contributed by atoms with van der Waals surface area (Å²) in [5, 5.41) is 6.06. The Morgan fingerprint density at radius 3 is 2.44 bits per heavy atom. The summed E-state index contributed by atoms with van der Waals surface area (Å²) in [6, 6.07) is 11.5. The number of nitrogens with zero attached hydrogens (tertiary/aromatic N) is 3. The molecular formula is C19H19N5O. The lowest BCUT2D eigenvalue weighted by molar-refractivity contribution is 0.0946. The fourth-order valence-corrected chi connectivity index (χ4v) is 2.52. The molecule has 0 saturated carbocycles. The van der Waals surface area contributed by atoms with E-state index in [1.165, 1.54) is 6.33 Å². The van der Waals surface area contributed by atoms with Gasteiger partial charge in [-0.05, 0) is 54.8 Å². The van der Waals surface area contributed by atoms with E-state index in [4.69, 9.17) is 0 Å². The van der Waals surface area contributed by atoms with Gasteiger partial charge in [0, 0.05) is 30.7 Å². The van der Waals surface area contributed by atoms with E-state index in [0.29, 0.717) is 18.1 Å². The molecule has 126 valence electrons. The summed E-state index contributed by atoms with van der Waals surface area (Å²) in [6.07, 6.45) is 4.77. The molecule has 1 aromatic carbocycles. The number of nitrogens with one attached hydrogen (secondary N) is 2. The summed E-state index contributed by atoms with van der Waals surface area (Å²) in [7, 11) is 0. The fraction of sp³-hybridized carbons (Fsp3) is 0.158. The Morgan fingerprint density at radius 2 is 1.72 bits per heavy atom. The van der Waals surface area contributed by atoms with Gasteiger partial charge in [0.15, 0.2) is 0 Å². The number of aromatic nitrogens is 3. The van der Waals surface area contributed by atoms with Crippen molar-refractivity contribution < 1.29 is 4.79 Å². The maximum absolute atomic E-state index is 12.3. The van der Waals surface area contributed by atoms with Crippen LogP contribution in [0, 0.1) is 13.8 Å². The predicted molar refractivity (Wildman–Crippen MR) is 96.6 cm³/mol. The Labute approximate surface area is 146 Å². The lowest BCUT2D eigenvalue weighted by Gasteiger charge is -2.09. The van der Waals surface area contributed by atoms with Crippen molar-refractivity contribution in [1.29, 1.82) is 0 Å². The third kappa shape index (κ3) is 4.60. The van der Waals surface area contributed by atoms with Gasteiger partial charge in [-0.15, -0.1) is 0 Å². The summed E-state index contributed by atoms with van der Waals surface area (Å²) < 4.78 is 0. The first-order valence-electron chi connectivity index (χ1n) is 7.94. The first kappa shape index (κ1) is 16.6. The minimum Gasteiger partial charge on any atom is -0.347 e. The molecule has 0 aliphatic carbocycles. The van der Waals surface area contributed by atoms with Gasteiger partial charge in [-0.25, -0.2) is 9.97 Å². The maximum atomic E-state index is 12.3. The second-order valence-corrected chi connectivity index (χ2v) is 5.83. The monoisotopic (exact) mass is 333 g/mol. The minimum absolute atomic E-state index is 0.248. The molecule has 0 fully saturated rings. The molecule has 0 radical (unpaired) electrons. The van der Waals surface area contributed by atoms with Crippen LogP contribution in [0.4, 0.5) is 11.5 Å². The summed E-state index contributed by atoms with van der Waals surface area (Å²) in [5.41, 5.74) is 4.54. The predicted octanol–water partition coefficient (Wildman–Crippen LogP) is 3.16. The van der Waals surface area contributed by atoms with E-state index in [1.54, 1.807) is 18.5 Å². The van der Waals surface area contributed by atoms with Crippen molar-refractivity contribution in [3.05, 3.63) is 77.5 Å². The molecule has 6 nitrogen and oxygen atoms in total. The molecule has 1 amide bonds. The van der Waals surface area contributed by atoms with Crippen LogP contribution < -0.4 is 10.6 Å². The average Bonchev–Trinajstić information content (AvgIpc) is 2.60. The average molecular weight is 333 g/mol. The minimum atomic E-state index is -0.248. The van der Waals surface area contributed by atoms with Gasteiger partial charge in [-0.1, -0.05) is 6.07 Å². The molecule has 2 N–H and O–H groups in total. The summed E-state index contributed by atoms with van der Waals surface area (Å²) in [4.78, 5) is 24.5. The zero-order valence-electron chi connectivity index (χ0n) is 14.2. The Morgan fingerprint density at radius 1 is 1.00 bits per heavy atom. The normalized spacial score (nSPS) is 10.3. The Bertz CT molecular complexity index is 860. The number of benzene rings is 1. The zero-order chi connectivity index (χ0) is 17.6. The molecule has 2 aromatic heterocycles. The molecule has 0 saturated heterocycles. The van der Waals surface area contributed by atoms with Gasteiger partial charge in [-0.2, -0.15) is 0 Å². The van der Waals surface area contributed by atoms with Gasteiger partial charge in [0.1, 0.15) is 17.8 Å². The number of hydrogen-bond donors (Lipinski definition) is 2. The van der Waals surface area contributed by atoms with Crippen LogP contribution in [0.2, 0.25) is 0 Å².